The highest BCUT2D eigenvalue weighted by Crippen LogP contribution is 2.12. The molecule has 122 valence electrons. The van der Waals surface area contributed by atoms with Gasteiger partial charge in [-0.1, -0.05) is 44.2 Å². The number of carbonyl (C=O) groups is 2. The molecule has 0 spiro atoms. The fourth-order valence-corrected chi connectivity index (χ4v) is 2.07. The van der Waals surface area contributed by atoms with Crippen molar-refractivity contribution < 1.29 is 14.3 Å². The van der Waals surface area contributed by atoms with Crippen LogP contribution in [0.25, 0.3) is 0 Å². The zero-order valence-electron chi connectivity index (χ0n) is 13.7. The fourth-order valence-electron chi connectivity index (χ4n) is 2.07. The molecule has 3 N–H and O–H groups in total. The number of carbonyl (C=O) groups excluding carboxylic acids is 2. The largest absolute Gasteiger partial charge is 0.461 e. The zero-order chi connectivity index (χ0) is 16.7. The van der Waals surface area contributed by atoms with Crippen LogP contribution in [0, 0.1) is 5.92 Å². The number of nitrogens with two attached hydrogens (primary N) is 1. The summed E-state index contributed by atoms with van der Waals surface area (Å²) in [7, 11) is 0. The summed E-state index contributed by atoms with van der Waals surface area (Å²) in [5.74, 6) is -0.548. The van der Waals surface area contributed by atoms with Crippen LogP contribution in [-0.4, -0.2) is 24.0 Å². The van der Waals surface area contributed by atoms with E-state index in [1.54, 1.807) is 26.0 Å². The zero-order valence-corrected chi connectivity index (χ0v) is 13.7. The number of esters is 1. The number of benzene rings is 1. The van der Waals surface area contributed by atoms with Crippen molar-refractivity contribution in [2.24, 2.45) is 11.7 Å². The number of hydrogen-bond acceptors (Lipinski definition) is 4. The molecule has 0 saturated heterocycles. The lowest BCUT2D eigenvalue weighted by Crippen LogP contribution is -2.46. The molecule has 5 heteroatoms. The first-order valence-corrected chi connectivity index (χ1v) is 7.62. The van der Waals surface area contributed by atoms with Gasteiger partial charge in [0.25, 0.3) is 0 Å². The van der Waals surface area contributed by atoms with Gasteiger partial charge in [-0.2, -0.15) is 0 Å². The Balaban J connectivity index is 2.75. The molecule has 5 nitrogen and oxygen atoms in total. The van der Waals surface area contributed by atoms with E-state index in [0.29, 0.717) is 12.0 Å². The molecule has 0 aliphatic carbocycles. The third-order valence-electron chi connectivity index (χ3n) is 3.10. The minimum atomic E-state index is -0.803. The third-order valence-corrected chi connectivity index (χ3v) is 3.10. The predicted octanol–water partition coefficient (Wildman–Crippen LogP) is 2.17. The molecule has 0 aliphatic rings. The Morgan fingerprint density at radius 2 is 1.73 bits per heavy atom. The van der Waals surface area contributed by atoms with Crippen molar-refractivity contribution in [1.29, 1.82) is 0 Å². The van der Waals surface area contributed by atoms with E-state index in [4.69, 9.17) is 10.5 Å². The molecule has 0 aromatic heterocycles. The summed E-state index contributed by atoms with van der Waals surface area (Å²) in [5.41, 5.74) is 6.66. The van der Waals surface area contributed by atoms with E-state index >= 15 is 0 Å². The van der Waals surface area contributed by atoms with E-state index in [2.05, 4.69) is 5.32 Å². The maximum atomic E-state index is 12.3. The van der Waals surface area contributed by atoms with Crippen LogP contribution in [0.2, 0.25) is 0 Å². The first kappa shape index (κ1) is 18.2. The number of nitrogens with one attached hydrogen (secondary N) is 1. The summed E-state index contributed by atoms with van der Waals surface area (Å²) < 4.78 is 5.21. The standard InChI is InChI=1S/C17H26N2O3/c1-11(2)10-14(17(21)22-12(3)4)19-16(20)15(18)13-8-6-5-7-9-13/h5-9,11-12,14-15H,10,18H2,1-4H3,(H,19,20)/t14-,15?/m0/s1. The molecule has 2 atom stereocenters. The van der Waals surface area contributed by atoms with Gasteiger partial charge in [0, 0.05) is 0 Å². The van der Waals surface area contributed by atoms with E-state index < -0.39 is 18.1 Å². The molecule has 0 heterocycles. The van der Waals surface area contributed by atoms with E-state index in [9.17, 15) is 9.59 Å². The van der Waals surface area contributed by atoms with Gasteiger partial charge >= 0.3 is 5.97 Å². The predicted molar refractivity (Wildman–Crippen MR) is 86.0 cm³/mol. The van der Waals surface area contributed by atoms with Crippen molar-refractivity contribution in [2.45, 2.75) is 52.3 Å². The molecule has 0 fully saturated rings. The van der Waals surface area contributed by atoms with E-state index in [1.165, 1.54) is 0 Å². The number of hydrogen-bond donors (Lipinski definition) is 2. The van der Waals surface area contributed by atoms with Crippen LogP contribution in [0.4, 0.5) is 0 Å². The Hall–Kier alpha value is -1.88. The van der Waals surface area contributed by atoms with Crippen LogP contribution in [0.1, 0.15) is 45.7 Å². The summed E-state index contributed by atoms with van der Waals surface area (Å²) in [6, 6.07) is 7.59. The highest BCUT2D eigenvalue weighted by molar-refractivity contribution is 5.88. The molecule has 0 bridgehead atoms. The Kier molecular flexibility index (Phi) is 7.05. The van der Waals surface area contributed by atoms with Gasteiger partial charge in [0.05, 0.1) is 6.10 Å². The highest BCUT2D eigenvalue weighted by atomic mass is 16.5. The van der Waals surface area contributed by atoms with Crippen LogP contribution >= 0.6 is 0 Å². The minimum absolute atomic E-state index is 0.220. The second-order valence-corrected chi connectivity index (χ2v) is 6.06. The van der Waals surface area contributed by atoms with Gasteiger partial charge in [-0.15, -0.1) is 0 Å². The number of amides is 1. The molecular formula is C17H26N2O3. The lowest BCUT2D eigenvalue weighted by atomic mass is 10.0. The van der Waals surface area contributed by atoms with Crippen LogP contribution in [0.5, 0.6) is 0 Å². The average Bonchev–Trinajstić information content (AvgIpc) is 2.45. The Labute approximate surface area is 132 Å². The topological polar surface area (TPSA) is 81.4 Å². The van der Waals surface area contributed by atoms with E-state index in [0.717, 1.165) is 0 Å². The van der Waals surface area contributed by atoms with Crippen molar-refractivity contribution in [3.8, 4) is 0 Å². The first-order valence-electron chi connectivity index (χ1n) is 7.62. The Morgan fingerprint density at radius 3 is 2.23 bits per heavy atom. The van der Waals surface area contributed by atoms with Crippen molar-refractivity contribution in [3.05, 3.63) is 35.9 Å². The second kappa shape index (κ2) is 8.54. The molecule has 22 heavy (non-hydrogen) atoms. The molecular weight excluding hydrogens is 280 g/mol. The van der Waals surface area contributed by atoms with Gasteiger partial charge in [-0.05, 0) is 31.7 Å². The van der Waals surface area contributed by atoms with Gasteiger partial charge < -0.3 is 15.8 Å². The molecule has 0 aliphatic heterocycles. The number of rotatable bonds is 7. The summed E-state index contributed by atoms with van der Waals surface area (Å²) in [4.78, 5) is 24.4. The van der Waals surface area contributed by atoms with Crippen molar-refractivity contribution in [2.75, 3.05) is 0 Å². The summed E-state index contributed by atoms with van der Waals surface area (Å²) >= 11 is 0. The van der Waals surface area contributed by atoms with Crippen molar-refractivity contribution in [1.82, 2.24) is 5.32 Å². The molecule has 1 rings (SSSR count). The van der Waals surface area contributed by atoms with Gasteiger partial charge in [0.1, 0.15) is 12.1 Å². The number of ether oxygens (including phenoxy) is 1. The van der Waals surface area contributed by atoms with E-state index in [1.807, 2.05) is 32.0 Å². The van der Waals surface area contributed by atoms with Crippen LogP contribution in [0.3, 0.4) is 0 Å². The van der Waals surface area contributed by atoms with Crippen LogP contribution in [0.15, 0.2) is 30.3 Å². The quantitative estimate of drug-likeness (QED) is 0.756. The normalized spacial score (nSPS) is 13.8. The highest BCUT2D eigenvalue weighted by Gasteiger charge is 2.26. The summed E-state index contributed by atoms with van der Waals surface area (Å²) in [6.07, 6.45) is 0.292. The van der Waals surface area contributed by atoms with Crippen molar-refractivity contribution in [3.63, 3.8) is 0 Å². The molecule has 1 aromatic carbocycles. The Morgan fingerprint density at radius 1 is 1.14 bits per heavy atom. The van der Waals surface area contributed by atoms with Crippen LogP contribution < -0.4 is 11.1 Å². The fraction of sp³-hybridized carbons (Fsp3) is 0.529. The molecule has 1 amide bonds. The molecule has 1 unspecified atom stereocenters. The molecule has 0 saturated carbocycles. The Bertz CT molecular complexity index is 486. The summed E-state index contributed by atoms with van der Waals surface area (Å²) in [6.45, 7) is 7.53. The molecule has 1 aromatic rings. The maximum Gasteiger partial charge on any atom is 0.328 e. The van der Waals surface area contributed by atoms with Gasteiger partial charge in [0.15, 0.2) is 0 Å². The van der Waals surface area contributed by atoms with E-state index in [-0.39, 0.29) is 17.9 Å². The first-order chi connectivity index (χ1) is 10.3. The van der Waals surface area contributed by atoms with Gasteiger partial charge in [-0.25, -0.2) is 4.79 Å². The lowest BCUT2D eigenvalue weighted by molar-refractivity contribution is -0.152. The second-order valence-electron chi connectivity index (χ2n) is 6.06. The minimum Gasteiger partial charge on any atom is -0.461 e. The average molecular weight is 306 g/mol. The lowest BCUT2D eigenvalue weighted by Gasteiger charge is -2.22. The summed E-state index contributed by atoms with van der Waals surface area (Å²) in [5, 5.41) is 2.71. The van der Waals surface area contributed by atoms with Gasteiger partial charge in [-0.3, -0.25) is 4.79 Å². The third kappa shape index (κ3) is 5.85. The smallest absolute Gasteiger partial charge is 0.328 e. The maximum absolute atomic E-state index is 12.3. The monoisotopic (exact) mass is 306 g/mol. The van der Waals surface area contributed by atoms with Crippen LogP contribution in [-0.2, 0) is 14.3 Å². The van der Waals surface area contributed by atoms with Crippen molar-refractivity contribution >= 4 is 11.9 Å². The SMILES string of the molecule is CC(C)C[C@H](NC(=O)C(N)c1ccccc1)C(=O)OC(C)C. The van der Waals surface area contributed by atoms with Gasteiger partial charge in [0.2, 0.25) is 5.91 Å². The molecule has 0 radical (unpaired) electrons.